The van der Waals surface area contributed by atoms with Crippen molar-refractivity contribution in [3.05, 3.63) is 28.5 Å². The van der Waals surface area contributed by atoms with Crippen LogP contribution in [0.1, 0.15) is 26.1 Å². The van der Waals surface area contributed by atoms with Crippen molar-refractivity contribution >= 4 is 15.9 Å². The summed E-state index contributed by atoms with van der Waals surface area (Å²) in [5.41, 5.74) is 0.549. The standard InChI is InChI=1S/C13H15BrN2O2/c1-8(2)3-6-12-15-13(18-16-12)10-7-9(14)4-5-11(10)17/h4-5,7-8,17H,3,6H2,1-2H3. The van der Waals surface area contributed by atoms with Gasteiger partial charge in [0.1, 0.15) is 5.75 Å². The molecule has 1 aromatic carbocycles. The molecule has 0 fully saturated rings. The highest BCUT2D eigenvalue weighted by Crippen LogP contribution is 2.30. The van der Waals surface area contributed by atoms with Crippen LogP contribution in [-0.2, 0) is 6.42 Å². The van der Waals surface area contributed by atoms with Gasteiger partial charge in [-0.3, -0.25) is 0 Å². The van der Waals surface area contributed by atoms with Crippen LogP contribution in [0.15, 0.2) is 27.2 Å². The molecule has 2 aromatic rings. The van der Waals surface area contributed by atoms with Gasteiger partial charge in [-0.25, -0.2) is 0 Å². The molecule has 0 aliphatic heterocycles. The minimum atomic E-state index is 0.136. The minimum absolute atomic E-state index is 0.136. The van der Waals surface area contributed by atoms with Gasteiger partial charge >= 0.3 is 0 Å². The molecule has 0 spiro atoms. The van der Waals surface area contributed by atoms with E-state index in [9.17, 15) is 5.11 Å². The van der Waals surface area contributed by atoms with Crippen LogP contribution < -0.4 is 0 Å². The Balaban J connectivity index is 2.21. The van der Waals surface area contributed by atoms with Gasteiger partial charge in [0.25, 0.3) is 5.89 Å². The van der Waals surface area contributed by atoms with E-state index in [2.05, 4.69) is 39.9 Å². The van der Waals surface area contributed by atoms with Crippen molar-refractivity contribution in [2.24, 2.45) is 5.92 Å². The second kappa shape index (κ2) is 5.52. The first-order chi connectivity index (χ1) is 8.56. The molecule has 0 unspecified atom stereocenters. The largest absolute Gasteiger partial charge is 0.507 e. The molecular formula is C13H15BrN2O2. The van der Waals surface area contributed by atoms with Crippen LogP contribution in [0.3, 0.4) is 0 Å². The van der Waals surface area contributed by atoms with Gasteiger partial charge in [0.2, 0.25) is 0 Å². The van der Waals surface area contributed by atoms with Crippen LogP contribution in [0.2, 0.25) is 0 Å². The van der Waals surface area contributed by atoms with E-state index in [1.807, 2.05) is 0 Å². The third-order valence-corrected chi connectivity index (χ3v) is 3.10. The number of nitrogens with zero attached hydrogens (tertiary/aromatic N) is 2. The second-order valence-corrected chi connectivity index (χ2v) is 5.53. The molecule has 4 nitrogen and oxygen atoms in total. The number of halogens is 1. The van der Waals surface area contributed by atoms with Gasteiger partial charge in [-0.2, -0.15) is 4.98 Å². The van der Waals surface area contributed by atoms with Crippen LogP contribution in [0.5, 0.6) is 5.75 Å². The minimum Gasteiger partial charge on any atom is -0.507 e. The van der Waals surface area contributed by atoms with E-state index < -0.39 is 0 Å². The predicted octanol–water partition coefficient (Wildman–Crippen LogP) is 3.79. The predicted molar refractivity (Wildman–Crippen MR) is 72.3 cm³/mol. The summed E-state index contributed by atoms with van der Waals surface area (Å²) in [4.78, 5) is 4.30. The summed E-state index contributed by atoms with van der Waals surface area (Å²) >= 11 is 3.35. The first kappa shape index (κ1) is 13.1. The Kier molecular flexibility index (Phi) is 4.01. The van der Waals surface area contributed by atoms with Crippen molar-refractivity contribution < 1.29 is 9.63 Å². The molecule has 5 heteroatoms. The molecule has 0 aliphatic carbocycles. The van der Waals surface area contributed by atoms with E-state index in [0.29, 0.717) is 23.2 Å². The number of phenolic OH excluding ortho intramolecular Hbond substituents is 1. The molecule has 0 bridgehead atoms. The molecule has 18 heavy (non-hydrogen) atoms. The zero-order valence-electron chi connectivity index (χ0n) is 10.4. The van der Waals surface area contributed by atoms with Gasteiger partial charge in [0.05, 0.1) is 5.56 Å². The Labute approximate surface area is 114 Å². The summed E-state index contributed by atoms with van der Waals surface area (Å²) in [6, 6.07) is 5.11. The van der Waals surface area contributed by atoms with Crippen LogP contribution in [-0.4, -0.2) is 15.2 Å². The van der Waals surface area contributed by atoms with Crippen molar-refractivity contribution in [2.75, 3.05) is 0 Å². The first-order valence-electron chi connectivity index (χ1n) is 5.87. The van der Waals surface area contributed by atoms with Crippen molar-refractivity contribution in [3.8, 4) is 17.2 Å². The van der Waals surface area contributed by atoms with Crippen LogP contribution in [0.4, 0.5) is 0 Å². The van der Waals surface area contributed by atoms with E-state index in [4.69, 9.17) is 4.52 Å². The van der Waals surface area contributed by atoms with E-state index in [1.165, 1.54) is 0 Å². The van der Waals surface area contributed by atoms with Gasteiger partial charge < -0.3 is 9.63 Å². The van der Waals surface area contributed by atoms with Gasteiger partial charge in [-0.1, -0.05) is 34.9 Å². The summed E-state index contributed by atoms with van der Waals surface area (Å²) in [5, 5.41) is 13.7. The molecule has 0 atom stereocenters. The SMILES string of the molecule is CC(C)CCc1noc(-c2cc(Br)ccc2O)n1. The van der Waals surface area contributed by atoms with Crippen LogP contribution in [0, 0.1) is 5.92 Å². The number of rotatable bonds is 4. The molecule has 0 radical (unpaired) electrons. The summed E-state index contributed by atoms with van der Waals surface area (Å²) in [6.07, 6.45) is 1.80. The average Bonchev–Trinajstić information content (AvgIpc) is 2.78. The fourth-order valence-electron chi connectivity index (χ4n) is 1.56. The molecule has 0 amide bonds. The maximum atomic E-state index is 9.77. The zero-order valence-corrected chi connectivity index (χ0v) is 11.9. The van der Waals surface area contributed by atoms with Crippen molar-refractivity contribution in [2.45, 2.75) is 26.7 Å². The maximum absolute atomic E-state index is 9.77. The lowest BCUT2D eigenvalue weighted by Crippen LogP contribution is -1.93. The van der Waals surface area contributed by atoms with E-state index >= 15 is 0 Å². The van der Waals surface area contributed by atoms with Crippen molar-refractivity contribution in [1.29, 1.82) is 0 Å². The molecule has 1 heterocycles. The molecule has 0 aliphatic rings. The van der Waals surface area contributed by atoms with Gasteiger partial charge in [-0.15, -0.1) is 0 Å². The Morgan fingerprint density at radius 2 is 2.17 bits per heavy atom. The summed E-state index contributed by atoms with van der Waals surface area (Å²) in [5.74, 6) is 1.77. The lowest BCUT2D eigenvalue weighted by molar-refractivity contribution is 0.414. The van der Waals surface area contributed by atoms with Crippen LogP contribution in [0.25, 0.3) is 11.5 Å². The van der Waals surface area contributed by atoms with Gasteiger partial charge in [0.15, 0.2) is 5.82 Å². The number of aryl methyl sites for hydroxylation is 1. The Morgan fingerprint density at radius 3 is 2.89 bits per heavy atom. The number of hydrogen-bond acceptors (Lipinski definition) is 4. The summed E-state index contributed by atoms with van der Waals surface area (Å²) < 4.78 is 6.04. The fraction of sp³-hybridized carbons (Fsp3) is 0.385. The average molecular weight is 311 g/mol. The topological polar surface area (TPSA) is 59.2 Å². The Bertz CT molecular complexity index is 538. The lowest BCUT2D eigenvalue weighted by Gasteiger charge is -2.00. The number of phenols is 1. The number of aromatic nitrogens is 2. The lowest BCUT2D eigenvalue weighted by atomic mass is 10.1. The Hall–Kier alpha value is -1.36. The highest BCUT2D eigenvalue weighted by Gasteiger charge is 2.13. The molecular weight excluding hydrogens is 296 g/mol. The number of hydrogen-bond donors (Lipinski definition) is 1. The molecule has 1 aromatic heterocycles. The van der Waals surface area contributed by atoms with Crippen LogP contribution >= 0.6 is 15.9 Å². The van der Waals surface area contributed by atoms with Gasteiger partial charge in [0, 0.05) is 10.9 Å². The first-order valence-corrected chi connectivity index (χ1v) is 6.67. The van der Waals surface area contributed by atoms with E-state index in [0.717, 1.165) is 17.3 Å². The van der Waals surface area contributed by atoms with Crippen molar-refractivity contribution in [1.82, 2.24) is 10.1 Å². The third kappa shape index (κ3) is 3.10. The zero-order chi connectivity index (χ0) is 13.1. The second-order valence-electron chi connectivity index (χ2n) is 4.61. The van der Waals surface area contributed by atoms with E-state index in [-0.39, 0.29) is 5.75 Å². The number of aromatic hydroxyl groups is 1. The summed E-state index contributed by atoms with van der Waals surface area (Å²) in [7, 11) is 0. The highest BCUT2D eigenvalue weighted by atomic mass is 79.9. The van der Waals surface area contributed by atoms with Crippen molar-refractivity contribution in [3.63, 3.8) is 0 Å². The van der Waals surface area contributed by atoms with E-state index in [1.54, 1.807) is 18.2 Å². The molecule has 96 valence electrons. The maximum Gasteiger partial charge on any atom is 0.261 e. The molecule has 0 saturated carbocycles. The molecule has 0 saturated heterocycles. The fourth-order valence-corrected chi connectivity index (χ4v) is 1.92. The molecule has 2 rings (SSSR count). The Morgan fingerprint density at radius 1 is 1.39 bits per heavy atom. The smallest absolute Gasteiger partial charge is 0.261 e. The molecule has 1 N–H and O–H groups in total. The quantitative estimate of drug-likeness (QED) is 0.933. The monoisotopic (exact) mass is 310 g/mol. The number of benzene rings is 1. The highest BCUT2D eigenvalue weighted by molar-refractivity contribution is 9.10. The normalized spacial score (nSPS) is 11.1. The van der Waals surface area contributed by atoms with Gasteiger partial charge in [-0.05, 0) is 30.5 Å². The summed E-state index contributed by atoms with van der Waals surface area (Å²) in [6.45, 7) is 4.31. The third-order valence-electron chi connectivity index (χ3n) is 2.60.